The Labute approximate surface area is 108 Å². The molecule has 2 aromatic rings. The molecule has 1 aliphatic heterocycles. The fourth-order valence-electron chi connectivity index (χ4n) is 2.31. The number of hydrogen-bond donors (Lipinski definition) is 1. The maximum absolute atomic E-state index is 10.7. The van der Waals surface area contributed by atoms with Crippen molar-refractivity contribution in [2.75, 3.05) is 24.6 Å². The van der Waals surface area contributed by atoms with Crippen LogP contribution >= 0.6 is 0 Å². The van der Waals surface area contributed by atoms with E-state index >= 15 is 0 Å². The Hall–Kier alpha value is -2.15. The molecule has 7 heteroatoms. The van der Waals surface area contributed by atoms with Gasteiger partial charge >= 0.3 is 0 Å². The molecule has 0 aliphatic carbocycles. The van der Waals surface area contributed by atoms with Gasteiger partial charge in [0.05, 0.1) is 4.92 Å². The summed E-state index contributed by atoms with van der Waals surface area (Å²) in [7, 11) is 0. The number of nitro benzene ring substituents is 1. The zero-order valence-corrected chi connectivity index (χ0v) is 10.2. The molecule has 1 aliphatic rings. The Balaban J connectivity index is 1.91. The molecule has 1 aromatic heterocycles. The van der Waals surface area contributed by atoms with Crippen LogP contribution < -0.4 is 4.90 Å². The minimum absolute atomic E-state index is 0.00186. The lowest BCUT2D eigenvalue weighted by molar-refractivity contribution is -0.384. The number of nitro groups is 1. The highest BCUT2D eigenvalue weighted by atomic mass is 16.6. The third-order valence-electron chi connectivity index (χ3n) is 3.39. The molecule has 1 fully saturated rings. The van der Waals surface area contributed by atoms with Gasteiger partial charge in [-0.05, 0) is 12.5 Å². The van der Waals surface area contributed by atoms with Crippen LogP contribution in [0.3, 0.4) is 0 Å². The smallest absolute Gasteiger partial charge is 0.298 e. The Morgan fingerprint density at radius 1 is 1.58 bits per heavy atom. The molecule has 1 aromatic carbocycles. The largest absolute Gasteiger partial charge is 0.423 e. The van der Waals surface area contributed by atoms with Gasteiger partial charge in [-0.2, -0.15) is 4.98 Å². The van der Waals surface area contributed by atoms with Crippen LogP contribution in [0.1, 0.15) is 6.42 Å². The van der Waals surface area contributed by atoms with E-state index in [0.717, 1.165) is 13.0 Å². The minimum atomic E-state index is -0.453. The first-order valence-electron chi connectivity index (χ1n) is 6.08. The summed E-state index contributed by atoms with van der Waals surface area (Å²) in [6.45, 7) is 1.63. The second kappa shape index (κ2) is 4.51. The third kappa shape index (κ3) is 2.12. The average Bonchev–Trinajstić information content (AvgIpc) is 3.03. The average molecular weight is 263 g/mol. The van der Waals surface area contributed by atoms with E-state index in [4.69, 9.17) is 9.52 Å². The number of hydrogen-bond acceptors (Lipinski definition) is 6. The first-order chi connectivity index (χ1) is 9.17. The van der Waals surface area contributed by atoms with Gasteiger partial charge in [0.1, 0.15) is 5.52 Å². The van der Waals surface area contributed by atoms with E-state index in [1.165, 1.54) is 12.1 Å². The molecular weight excluding hydrogens is 250 g/mol. The molecule has 3 rings (SSSR count). The van der Waals surface area contributed by atoms with E-state index < -0.39 is 4.92 Å². The van der Waals surface area contributed by atoms with Crippen LogP contribution in [0.2, 0.25) is 0 Å². The van der Waals surface area contributed by atoms with Crippen LogP contribution in [0, 0.1) is 16.0 Å². The Bertz CT molecular complexity index is 624. The predicted molar refractivity (Wildman–Crippen MR) is 68.1 cm³/mol. The summed E-state index contributed by atoms with van der Waals surface area (Å²) in [5, 5.41) is 19.8. The van der Waals surface area contributed by atoms with Crippen LogP contribution in [0.4, 0.5) is 11.7 Å². The van der Waals surface area contributed by atoms with Gasteiger partial charge in [-0.1, -0.05) is 0 Å². The van der Waals surface area contributed by atoms with Crippen LogP contribution in [-0.4, -0.2) is 34.7 Å². The summed E-state index contributed by atoms with van der Waals surface area (Å²) in [6, 6.07) is 4.83. The van der Waals surface area contributed by atoms with Crippen LogP contribution in [0.15, 0.2) is 22.6 Å². The Morgan fingerprint density at radius 3 is 3.11 bits per heavy atom. The van der Waals surface area contributed by atoms with Crippen molar-refractivity contribution in [1.82, 2.24) is 4.98 Å². The summed E-state index contributed by atoms with van der Waals surface area (Å²) in [5.41, 5.74) is 1.02. The van der Waals surface area contributed by atoms with Gasteiger partial charge in [0.25, 0.3) is 11.7 Å². The number of aliphatic hydroxyl groups is 1. The van der Waals surface area contributed by atoms with Crippen molar-refractivity contribution in [2.45, 2.75) is 6.42 Å². The lowest BCUT2D eigenvalue weighted by atomic mass is 10.1. The lowest BCUT2D eigenvalue weighted by Gasteiger charge is -2.12. The molecular formula is C12H13N3O4. The summed E-state index contributed by atoms with van der Waals surface area (Å²) in [6.07, 6.45) is 0.898. The van der Waals surface area contributed by atoms with E-state index in [1.807, 2.05) is 4.90 Å². The highest BCUT2D eigenvalue weighted by Gasteiger charge is 2.25. The van der Waals surface area contributed by atoms with Gasteiger partial charge in [-0.3, -0.25) is 10.1 Å². The van der Waals surface area contributed by atoms with Crippen LogP contribution in [-0.2, 0) is 0 Å². The molecule has 2 heterocycles. The van der Waals surface area contributed by atoms with Gasteiger partial charge in [0.15, 0.2) is 5.58 Å². The van der Waals surface area contributed by atoms with E-state index in [0.29, 0.717) is 23.7 Å². The molecule has 0 spiro atoms. The number of non-ortho nitro benzene ring substituents is 1. The van der Waals surface area contributed by atoms with E-state index in [1.54, 1.807) is 6.07 Å². The second-order valence-electron chi connectivity index (χ2n) is 4.69. The minimum Gasteiger partial charge on any atom is -0.423 e. The maximum atomic E-state index is 10.7. The number of nitrogens with zero attached hydrogens (tertiary/aromatic N) is 3. The van der Waals surface area contributed by atoms with Gasteiger partial charge in [-0.25, -0.2) is 0 Å². The molecule has 19 heavy (non-hydrogen) atoms. The fraction of sp³-hybridized carbons (Fsp3) is 0.417. The molecule has 7 nitrogen and oxygen atoms in total. The molecule has 0 radical (unpaired) electrons. The van der Waals surface area contributed by atoms with E-state index in [9.17, 15) is 10.1 Å². The van der Waals surface area contributed by atoms with Gasteiger partial charge in [-0.15, -0.1) is 0 Å². The summed E-state index contributed by atoms with van der Waals surface area (Å²) < 4.78 is 5.59. The number of aliphatic hydroxyl groups excluding tert-OH is 1. The summed E-state index contributed by atoms with van der Waals surface area (Å²) >= 11 is 0. The lowest BCUT2D eigenvalue weighted by Crippen LogP contribution is -2.20. The fourth-order valence-corrected chi connectivity index (χ4v) is 2.31. The Morgan fingerprint density at radius 2 is 2.42 bits per heavy atom. The molecule has 1 saturated heterocycles. The molecule has 1 N–H and O–H groups in total. The zero-order chi connectivity index (χ0) is 13.4. The zero-order valence-electron chi connectivity index (χ0n) is 10.2. The summed E-state index contributed by atoms with van der Waals surface area (Å²) in [4.78, 5) is 16.5. The normalized spacial score (nSPS) is 19.2. The van der Waals surface area contributed by atoms with Gasteiger partial charge < -0.3 is 14.4 Å². The Kier molecular flexibility index (Phi) is 2.83. The summed E-state index contributed by atoms with van der Waals surface area (Å²) in [5.74, 6) is 0.240. The monoisotopic (exact) mass is 263 g/mol. The van der Waals surface area contributed by atoms with Crippen molar-refractivity contribution in [2.24, 2.45) is 5.92 Å². The van der Waals surface area contributed by atoms with Crippen molar-refractivity contribution in [3.63, 3.8) is 0 Å². The molecule has 1 unspecified atom stereocenters. The molecule has 100 valence electrons. The SMILES string of the molecule is O=[N+]([O-])c1ccc2oc(N3CCC(CO)C3)nc2c1. The number of rotatable bonds is 3. The van der Waals surface area contributed by atoms with Crippen molar-refractivity contribution >= 4 is 22.8 Å². The van der Waals surface area contributed by atoms with Crippen LogP contribution in [0.5, 0.6) is 0 Å². The van der Waals surface area contributed by atoms with Crippen molar-refractivity contribution in [3.05, 3.63) is 28.3 Å². The van der Waals surface area contributed by atoms with Crippen molar-refractivity contribution in [1.29, 1.82) is 0 Å². The van der Waals surface area contributed by atoms with Crippen molar-refractivity contribution in [3.8, 4) is 0 Å². The molecule has 0 bridgehead atoms. The molecule has 1 atom stereocenters. The van der Waals surface area contributed by atoms with E-state index in [-0.39, 0.29) is 18.2 Å². The standard InChI is InChI=1S/C12H13N3O4/c16-7-8-3-4-14(6-8)12-13-10-5-9(15(17)18)1-2-11(10)19-12/h1-2,5,8,16H,3-4,6-7H2. The number of aromatic nitrogens is 1. The molecule has 0 amide bonds. The first kappa shape index (κ1) is 11.9. The maximum Gasteiger partial charge on any atom is 0.298 e. The van der Waals surface area contributed by atoms with E-state index in [2.05, 4.69) is 4.98 Å². The highest BCUT2D eigenvalue weighted by Crippen LogP contribution is 2.28. The van der Waals surface area contributed by atoms with Crippen LogP contribution in [0.25, 0.3) is 11.1 Å². The number of benzene rings is 1. The number of anilines is 1. The quantitative estimate of drug-likeness (QED) is 0.667. The highest BCUT2D eigenvalue weighted by molar-refractivity contribution is 5.77. The predicted octanol–water partition coefficient (Wildman–Crippen LogP) is 1.55. The number of fused-ring (bicyclic) bond motifs is 1. The van der Waals surface area contributed by atoms with Crippen molar-refractivity contribution < 1.29 is 14.4 Å². The van der Waals surface area contributed by atoms with Gasteiger partial charge in [0, 0.05) is 37.7 Å². The van der Waals surface area contributed by atoms with Gasteiger partial charge in [0.2, 0.25) is 0 Å². The topological polar surface area (TPSA) is 92.6 Å². The third-order valence-corrected chi connectivity index (χ3v) is 3.39. The second-order valence-corrected chi connectivity index (χ2v) is 4.69. The number of oxazole rings is 1. The molecule has 0 saturated carbocycles. The first-order valence-corrected chi connectivity index (χ1v) is 6.08.